The van der Waals surface area contributed by atoms with Crippen molar-refractivity contribution < 1.29 is 19.0 Å². The minimum Gasteiger partial charge on any atom is -0.473 e. The largest absolute Gasteiger partial charge is 0.473 e. The predicted octanol–water partition coefficient (Wildman–Crippen LogP) is 7.99. The van der Waals surface area contributed by atoms with Gasteiger partial charge in [0, 0.05) is 12.0 Å². The molecule has 9 nitrogen and oxygen atoms in total. The van der Waals surface area contributed by atoms with Crippen molar-refractivity contribution in [3.63, 3.8) is 0 Å². The fraction of sp³-hybridized carbons (Fsp3) is 0.618. The first kappa shape index (κ1) is 33.6. The maximum Gasteiger partial charge on any atom is 0.407 e. The lowest BCUT2D eigenvalue weighted by Gasteiger charge is -2.38. The Morgan fingerprint density at radius 1 is 1.14 bits per heavy atom. The summed E-state index contributed by atoms with van der Waals surface area (Å²) in [5.41, 5.74) is 8.45. The summed E-state index contributed by atoms with van der Waals surface area (Å²) in [7, 11) is -1.97. The van der Waals surface area contributed by atoms with Crippen LogP contribution in [0.1, 0.15) is 100 Å². The molecule has 2 aromatic heterocycles. The third-order valence-corrected chi connectivity index (χ3v) is 14.9. The van der Waals surface area contributed by atoms with Gasteiger partial charge in [-0.25, -0.2) is 14.6 Å². The van der Waals surface area contributed by atoms with E-state index in [1.54, 1.807) is 6.20 Å². The number of aromatic nitrogens is 4. The SMILES string of the molecule is CC(C)[Si](C#Cc1nn(C2CCCCO2)c2ccc(-c3cn[nH]c3O[C@@H](C)CNC(=O)OC(C)(C)C)cc12)(C(C)C)C(C)C. The van der Waals surface area contributed by atoms with E-state index >= 15 is 0 Å². The van der Waals surface area contributed by atoms with Crippen molar-refractivity contribution in [2.24, 2.45) is 0 Å². The Morgan fingerprint density at radius 3 is 2.45 bits per heavy atom. The van der Waals surface area contributed by atoms with Gasteiger partial charge in [0.2, 0.25) is 5.88 Å². The van der Waals surface area contributed by atoms with E-state index in [4.69, 9.17) is 19.3 Å². The summed E-state index contributed by atoms with van der Waals surface area (Å²) in [6, 6.07) is 6.30. The molecule has 1 aliphatic rings. The summed E-state index contributed by atoms with van der Waals surface area (Å²) in [5, 5.41) is 16.1. The molecular formula is C34H51N5O4Si. The Kier molecular flexibility index (Phi) is 10.5. The molecule has 0 radical (unpaired) electrons. The van der Waals surface area contributed by atoms with Crippen molar-refractivity contribution in [2.45, 2.75) is 123 Å². The van der Waals surface area contributed by atoms with Crippen LogP contribution in [-0.4, -0.2) is 59.0 Å². The number of hydrogen-bond donors (Lipinski definition) is 2. The number of nitrogens with zero attached hydrogens (tertiary/aromatic N) is 3. The van der Waals surface area contributed by atoms with Crippen molar-refractivity contribution in [1.29, 1.82) is 0 Å². The summed E-state index contributed by atoms with van der Waals surface area (Å²) >= 11 is 0. The molecule has 0 saturated carbocycles. The van der Waals surface area contributed by atoms with E-state index in [0.29, 0.717) is 22.5 Å². The van der Waals surface area contributed by atoms with Gasteiger partial charge in [-0.2, -0.15) is 10.2 Å². The van der Waals surface area contributed by atoms with Crippen LogP contribution in [0.5, 0.6) is 5.88 Å². The van der Waals surface area contributed by atoms with Crippen molar-refractivity contribution >= 4 is 25.1 Å². The van der Waals surface area contributed by atoms with Crippen molar-refractivity contribution in [3.05, 3.63) is 30.1 Å². The molecule has 1 aromatic carbocycles. The number of benzene rings is 1. The topological polar surface area (TPSA) is 103 Å². The van der Waals surface area contributed by atoms with E-state index in [2.05, 4.69) is 86.7 Å². The number of carbonyl (C=O) groups is 1. The van der Waals surface area contributed by atoms with Crippen LogP contribution >= 0.6 is 0 Å². The molecule has 3 aromatic rings. The first-order valence-corrected chi connectivity index (χ1v) is 18.3. The Hall–Kier alpha value is -3.29. The summed E-state index contributed by atoms with van der Waals surface area (Å²) < 4.78 is 19.7. The van der Waals surface area contributed by atoms with Crippen LogP contribution in [-0.2, 0) is 9.47 Å². The Labute approximate surface area is 263 Å². The number of H-pyrrole nitrogens is 1. The summed E-state index contributed by atoms with van der Waals surface area (Å²) in [6.07, 6.45) is 4.00. The number of nitrogens with one attached hydrogen (secondary N) is 2. The first-order valence-electron chi connectivity index (χ1n) is 16.1. The highest BCUT2D eigenvalue weighted by Crippen LogP contribution is 2.41. The van der Waals surface area contributed by atoms with Crippen LogP contribution in [0.2, 0.25) is 16.6 Å². The van der Waals surface area contributed by atoms with Gasteiger partial charge in [0.05, 0.1) is 23.8 Å². The van der Waals surface area contributed by atoms with Gasteiger partial charge in [0.25, 0.3) is 0 Å². The Balaban J connectivity index is 1.70. The molecule has 1 saturated heterocycles. The van der Waals surface area contributed by atoms with Crippen molar-refractivity contribution in [2.75, 3.05) is 13.2 Å². The maximum absolute atomic E-state index is 12.1. The molecule has 2 atom stereocenters. The number of rotatable bonds is 9. The van der Waals surface area contributed by atoms with E-state index < -0.39 is 19.8 Å². The molecule has 1 unspecified atom stereocenters. The minimum atomic E-state index is -1.97. The van der Waals surface area contributed by atoms with E-state index in [0.717, 1.165) is 53.6 Å². The number of amides is 1. The standard InChI is InChI=1S/C34H51N5O4Si/c1-22(2)44(23(3)4,24(5)6)18-16-29-27-19-26(14-15-30(27)39(38-29)31-13-11-12-17-41-31)28-21-36-37-32(28)42-25(7)20-35-33(40)43-34(8,9)10/h14-15,19,21-25,31H,11-13,17,20H2,1-10H3,(H,35,40)(H,36,37)/t25-,31?/m0/s1. The zero-order chi connectivity index (χ0) is 32.2. The molecule has 0 spiro atoms. The number of fused-ring (bicyclic) bond motifs is 1. The second-order valence-corrected chi connectivity index (χ2v) is 19.5. The van der Waals surface area contributed by atoms with E-state index in [-0.39, 0.29) is 18.9 Å². The van der Waals surface area contributed by atoms with E-state index in [1.807, 2.05) is 32.4 Å². The molecule has 3 heterocycles. The third-order valence-electron chi connectivity index (χ3n) is 8.57. The van der Waals surface area contributed by atoms with Gasteiger partial charge in [-0.1, -0.05) is 53.5 Å². The van der Waals surface area contributed by atoms with Gasteiger partial charge in [0.15, 0.2) is 6.23 Å². The quantitative estimate of drug-likeness (QED) is 0.185. The lowest BCUT2D eigenvalue weighted by Crippen LogP contribution is -2.43. The summed E-state index contributed by atoms with van der Waals surface area (Å²) in [6.45, 7) is 22.4. The van der Waals surface area contributed by atoms with Crippen LogP contribution in [0, 0.1) is 11.5 Å². The lowest BCUT2D eigenvalue weighted by molar-refractivity contribution is -0.0367. The third kappa shape index (κ3) is 7.49. The fourth-order valence-electron chi connectivity index (χ4n) is 6.49. The van der Waals surface area contributed by atoms with Gasteiger partial charge in [-0.3, -0.25) is 0 Å². The molecule has 0 bridgehead atoms. The van der Waals surface area contributed by atoms with E-state index in [9.17, 15) is 4.79 Å². The van der Waals surface area contributed by atoms with Gasteiger partial charge in [0.1, 0.15) is 25.5 Å². The molecule has 1 fully saturated rings. The molecule has 1 aliphatic heterocycles. The summed E-state index contributed by atoms with van der Waals surface area (Å²) in [4.78, 5) is 12.1. The fourth-order valence-corrected chi connectivity index (χ4v) is 11.7. The number of ether oxygens (including phenoxy) is 3. The molecule has 44 heavy (non-hydrogen) atoms. The van der Waals surface area contributed by atoms with Crippen LogP contribution < -0.4 is 10.1 Å². The zero-order valence-corrected chi connectivity index (χ0v) is 29.2. The van der Waals surface area contributed by atoms with Gasteiger partial charge in [-0.15, -0.1) is 5.54 Å². The highest BCUT2D eigenvalue weighted by molar-refractivity contribution is 6.90. The average molecular weight is 622 g/mol. The highest BCUT2D eigenvalue weighted by Gasteiger charge is 2.41. The van der Waals surface area contributed by atoms with E-state index in [1.165, 1.54) is 0 Å². The van der Waals surface area contributed by atoms with Gasteiger partial charge < -0.3 is 19.5 Å². The average Bonchev–Trinajstić information content (AvgIpc) is 3.55. The molecule has 4 rings (SSSR count). The smallest absolute Gasteiger partial charge is 0.407 e. The molecule has 1 amide bonds. The first-order chi connectivity index (χ1) is 20.7. The predicted molar refractivity (Wildman–Crippen MR) is 178 cm³/mol. The molecular weight excluding hydrogens is 570 g/mol. The number of alkyl carbamates (subject to hydrolysis) is 1. The monoisotopic (exact) mass is 621 g/mol. The normalized spacial score (nSPS) is 16.7. The van der Waals surface area contributed by atoms with Crippen LogP contribution in [0.4, 0.5) is 4.79 Å². The van der Waals surface area contributed by atoms with Gasteiger partial charge in [-0.05, 0) is 81.3 Å². The molecule has 10 heteroatoms. The number of aromatic amines is 1. The molecule has 240 valence electrons. The van der Waals surface area contributed by atoms with Crippen molar-refractivity contribution in [3.8, 4) is 28.5 Å². The lowest BCUT2D eigenvalue weighted by atomic mass is 10.1. The Bertz CT molecular complexity index is 1460. The summed E-state index contributed by atoms with van der Waals surface area (Å²) in [5.74, 6) is 4.14. The number of hydrogen-bond acceptors (Lipinski definition) is 6. The van der Waals surface area contributed by atoms with Crippen LogP contribution in [0.3, 0.4) is 0 Å². The molecule has 0 aliphatic carbocycles. The second-order valence-electron chi connectivity index (χ2n) is 13.9. The van der Waals surface area contributed by atoms with Crippen LogP contribution in [0.15, 0.2) is 24.4 Å². The van der Waals surface area contributed by atoms with Gasteiger partial charge >= 0.3 is 6.09 Å². The second kappa shape index (κ2) is 13.8. The van der Waals surface area contributed by atoms with Crippen molar-refractivity contribution in [1.82, 2.24) is 25.3 Å². The minimum absolute atomic E-state index is 0.0962. The number of carbonyl (C=O) groups excluding carboxylic acids is 1. The molecule has 2 N–H and O–H groups in total. The zero-order valence-electron chi connectivity index (χ0n) is 28.2. The highest BCUT2D eigenvalue weighted by atomic mass is 28.3. The Morgan fingerprint density at radius 2 is 1.84 bits per heavy atom. The van der Waals surface area contributed by atoms with Crippen LogP contribution in [0.25, 0.3) is 22.0 Å². The maximum atomic E-state index is 12.1.